The maximum atomic E-state index is 6.28. The van der Waals surface area contributed by atoms with Gasteiger partial charge in [0.2, 0.25) is 0 Å². The van der Waals surface area contributed by atoms with E-state index in [1.54, 1.807) is 0 Å². The average Bonchev–Trinajstić information content (AvgIpc) is 2.67. The van der Waals surface area contributed by atoms with Crippen molar-refractivity contribution in [2.24, 2.45) is 5.73 Å². The predicted molar refractivity (Wildman–Crippen MR) is 82.2 cm³/mol. The van der Waals surface area contributed by atoms with Gasteiger partial charge >= 0.3 is 0 Å². The summed E-state index contributed by atoms with van der Waals surface area (Å²) in [6, 6.07) is 10.5. The van der Waals surface area contributed by atoms with Gasteiger partial charge in [0.05, 0.1) is 15.9 Å². The van der Waals surface area contributed by atoms with Gasteiger partial charge in [-0.1, -0.05) is 30.3 Å². The summed E-state index contributed by atoms with van der Waals surface area (Å²) in [5, 5.41) is 4.50. The monoisotopic (exact) mass is 321 g/mol. The molecule has 1 unspecified atom stereocenters. The van der Waals surface area contributed by atoms with Crippen LogP contribution in [0.25, 0.3) is 0 Å². The highest BCUT2D eigenvalue weighted by Gasteiger charge is 2.15. The van der Waals surface area contributed by atoms with Crippen molar-refractivity contribution in [1.82, 2.24) is 9.78 Å². The lowest BCUT2D eigenvalue weighted by Crippen LogP contribution is -2.27. The van der Waals surface area contributed by atoms with E-state index in [1.807, 2.05) is 17.7 Å². The largest absolute Gasteiger partial charge is 0.327 e. The van der Waals surface area contributed by atoms with Crippen LogP contribution in [-0.4, -0.2) is 15.8 Å². The molecule has 4 heteroatoms. The number of hydrogen-bond donors (Lipinski definition) is 1. The molecule has 0 aliphatic heterocycles. The Hall–Kier alpha value is -1.13. The number of nitrogens with two attached hydrogens (primary N) is 1. The van der Waals surface area contributed by atoms with Crippen molar-refractivity contribution >= 4 is 15.9 Å². The Labute approximate surface area is 122 Å². The summed E-state index contributed by atoms with van der Waals surface area (Å²) >= 11 is 3.62. The van der Waals surface area contributed by atoms with Crippen molar-refractivity contribution in [1.29, 1.82) is 0 Å². The summed E-state index contributed by atoms with van der Waals surface area (Å²) in [5.41, 5.74) is 9.79. The molecule has 0 aliphatic rings. The summed E-state index contributed by atoms with van der Waals surface area (Å²) < 4.78 is 3.13. The first-order valence-corrected chi connectivity index (χ1v) is 7.42. The molecule has 0 amide bonds. The van der Waals surface area contributed by atoms with Gasteiger partial charge in [0.25, 0.3) is 0 Å². The van der Waals surface area contributed by atoms with Crippen LogP contribution in [0.3, 0.4) is 0 Å². The normalized spacial score (nSPS) is 12.6. The van der Waals surface area contributed by atoms with Crippen LogP contribution in [0, 0.1) is 6.92 Å². The van der Waals surface area contributed by atoms with E-state index in [9.17, 15) is 0 Å². The second-order valence-corrected chi connectivity index (χ2v) is 5.61. The van der Waals surface area contributed by atoms with Crippen molar-refractivity contribution in [3.05, 3.63) is 51.8 Å². The van der Waals surface area contributed by atoms with Crippen molar-refractivity contribution in [2.75, 3.05) is 0 Å². The standard InChI is InChI=1S/C15H20BrN3/c1-3-19-14(15(16)11(2)18-19)10-13(17)9-12-7-5-4-6-8-12/h4-8,13H,3,9-10,17H2,1-2H3. The number of hydrogen-bond acceptors (Lipinski definition) is 2. The van der Waals surface area contributed by atoms with E-state index in [2.05, 4.69) is 52.2 Å². The molecule has 0 radical (unpaired) electrons. The average molecular weight is 322 g/mol. The molecule has 0 spiro atoms. The molecule has 1 aromatic heterocycles. The first kappa shape index (κ1) is 14.3. The maximum absolute atomic E-state index is 6.28. The van der Waals surface area contributed by atoms with Crippen molar-refractivity contribution in [3.8, 4) is 0 Å². The maximum Gasteiger partial charge on any atom is 0.0738 e. The molecule has 102 valence electrons. The zero-order valence-electron chi connectivity index (χ0n) is 11.4. The van der Waals surface area contributed by atoms with Crippen LogP contribution in [0.5, 0.6) is 0 Å². The van der Waals surface area contributed by atoms with Crippen LogP contribution < -0.4 is 5.73 Å². The molecule has 0 aliphatic carbocycles. The molecule has 19 heavy (non-hydrogen) atoms. The van der Waals surface area contributed by atoms with E-state index in [4.69, 9.17) is 5.73 Å². The fourth-order valence-electron chi connectivity index (χ4n) is 2.30. The van der Waals surface area contributed by atoms with Gasteiger partial charge in [-0.05, 0) is 41.8 Å². The van der Waals surface area contributed by atoms with Gasteiger partial charge in [0, 0.05) is 19.0 Å². The van der Waals surface area contributed by atoms with E-state index in [0.29, 0.717) is 0 Å². The minimum absolute atomic E-state index is 0.111. The number of aromatic nitrogens is 2. The molecule has 1 heterocycles. The number of halogens is 1. The van der Waals surface area contributed by atoms with Gasteiger partial charge in [-0.25, -0.2) is 0 Å². The summed E-state index contributed by atoms with van der Waals surface area (Å²) in [7, 11) is 0. The molecule has 2 N–H and O–H groups in total. The number of rotatable bonds is 5. The molecular formula is C15H20BrN3. The van der Waals surface area contributed by atoms with Gasteiger partial charge in [-0.15, -0.1) is 0 Å². The molecule has 0 bridgehead atoms. The lowest BCUT2D eigenvalue weighted by atomic mass is 10.0. The van der Waals surface area contributed by atoms with Crippen molar-refractivity contribution in [2.45, 2.75) is 39.3 Å². The fourth-order valence-corrected chi connectivity index (χ4v) is 2.75. The topological polar surface area (TPSA) is 43.8 Å². The molecule has 1 atom stereocenters. The van der Waals surface area contributed by atoms with E-state index < -0.39 is 0 Å². The first-order chi connectivity index (χ1) is 9.11. The van der Waals surface area contributed by atoms with E-state index in [-0.39, 0.29) is 6.04 Å². The molecule has 2 rings (SSSR count). The molecule has 1 aromatic carbocycles. The molecule has 0 saturated carbocycles. The fraction of sp³-hybridized carbons (Fsp3) is 0.400. The zero-order valence-corrected chi connectivity index (χ0v) is 13.0. The SMILES string of the molecule is CCn1nc(C)c(Br)c1CC(N)Cc1ccccc1. The Balaban J connectivity index is 2.09. The summed E-state index contributed by atoms with van der Waals surface area (Å²) in [6.45, 7) is 4.99. The zero-order chi connectivity index (χ0) is 13.8. The Morgan fingerprint density at radius 1 is 1.26 bits per heavy atom. The Morgan fingerprint density at radius 3 is 2.58 bits per heavy atom. The van der Waals surface area contributed by atoms with Crippen LogP contribution in [0.2, 0.25) is 0 Å². The highest BCUT2D eigenvalue weighted by atomic mass is 79.9. The van der Waals surface area contributed by atoms with Crippen molar-refractivity contribution < 1.29 is 0 Å². The number of aryl methyl sites for hydroxylation is 2. The Kier molecular flexibility index (Phi) is 4.77. The second-order valence-electron chi connectivity index (χ2n) is 4.82. The molecule has 3 nitrogen and oxygen atoms in total. The smallest absolute Gasteiger partial charge is 0.0738 e. The third-order valence-electron chi connectivity index (χ3n) is 3.25. The third kappa shape index (κ3) is 3.45. The minimum Gasteiger partial charge on any atom is -0.327 e. The highest BCUT2D eigenvalue weighted by Crippen LogP contribution is 2.22. The summed E-state index contributed by atoms with van der Waals surface area (Å²) in [5.74, 6) is 0. The Morgan fingerprint density at radius 2 is 1.95 bits per heavy atom. The molecule has 0 fully saturated rings. The van der Waals surface area contributed by atoms with Gasteiger partial charge in [0.1, 0.15) is 0 Å². The Bertz CT molecular complexity index is 534. The lowest BCUT2D eigenvalue weighted by Gasteiger charge is -2.13. The lowest BCUT2D eigenvalue weighted by molar-refractivity contribution is 0.573. The third-order valence-corrected chi connectivity index (χ3v) is 4.28. The van der Waals surface area contributed by atoms with Crippen LogP contribution in [-0.2, 0) is 19.4 Å². The summed E-state index contributed by atoms with van der Waals surface area (Å²) in [4.78, 5) is 0. The van der Waals surface area contributed by atoms with E-state index in [0.717, 1.165) is 29.6 Å². The van der Waals surface area contributed by atoms with Crippen molar-refractivity contribution in [3.63, 3.8) is 0 Å². The van der Waals surface area contributed by atoms with Gasteiger partial charge in [0.15, 0.2) is 0 Å². The van der Waals surface area contributed by atoms with E-state index in [1.165, 1.54) is 11.3 Å². The molecule has 0 saturated heterocycles. The molecular weight excluding hydrogens is 302 g/mol. The minimum atomic E-state index is 0.111. The molecule has 2 aromatic rings. The van der Waals surface area contributed by atoms with Gasteiger partial charge < -0.3 is 5.73 Å². The number of nitrogens with zero attached hydrogens (tertiary/aromatic N) is 2. The highest BCUT2D eigenvalue weighted by molar-refractivity contribution is 9.10. The van der Waals surface area contributed by atoms with E-state index >= 15 is 0 Å². The van der Waals surface area contributed by atoms with Crippen LogP contribution in [0.1, 0.15) is 23.9 Å². The van der Waals surface area contributed by atoms with Crippen LogP contribution >= 0.6 is 15.9 Å². The second kappa shape index (κ2) is 6.35. The first-order valence-electron chi connectivity index (χ1n) is 6.63. The predicted octanol–water partition coefficient (Wildman–Crippen LogP) is 3.09. The van der Waals surface area contributed by atoms with Crippen LogP contribution in [0.4, 0.5) is 0 Å². The number of benzene rings is 1. The van der Waals surface area contributed by atoms with Crippen LogP contribution in [0.15, 0.2) is 34.8 Å². The van der Waals surface area contributed by atoms with Gasteiger partial charge in [-0.3, -0.25) is 4.68 Å². The quantitative estimate of drug-likeness (QED) is 0.919. The summed E-state index contributed by atoms with van der Waals surface area (Å²) in [6.07, 6.45) is 1.73. The van der Waals surface area contributed by atoms with Gasteiger partial charge in [-0.2, -0.15) is 5.10 Å².